The molecule has 0 saturated carbocycles. The van der Waals surface area contributed by atoms with Crippen LogP contribution in [0.1, 0.15) is 28.5 Å². The van der Waals surface area contributed by atoms with Crippen molar-refractivity contribution in [3.05, 3.63) is 58.2 Å². The number of H-pyrrole nitrogens is 1. The number of benzene rings is 2. The number of sulfone groups is 1. The predicted octanol–water partition coefficient (Wildman–Crippen LogP) is 3.35. The van der Waals surface area contributed by atoms with Gasteiger partial charge in [-0.3, -0.25) is 4.79 Å². The molecule has 0 atom stereocenters. The number of aromatic amines is 1. The Labute approximate surface area is 174 Å². The monoisotopic (exact) mass is 454 g/mol. The third-order valence-electron chi connectivity index (χ3n) is 4.34. The van der Waals surface area contributed by atoms with E-state index in [9.17, 15) is 21.6 Å². The van der Waals surface area contributed by atoms with E-state index in [1.165, 1.54) is 37.3 Å². The molecule has 0 aliphatic rings. The number of rotatable bonds is 5. The molecule has 0 bridgehead atoms. The fourth-order valence-corrected chi connectivity index (χ4v) is 5.54. The number of nitrogens with one attached hydrogen (secondary N) is 2. The van der Waals surface area contributed by atoms with E-state index in [1.54, 1.807) is 13.8 Å². The molecular weight excluding hydrogens is 436 g/mol. The SMILES string of the molecule is CCS(=O)(=O)NC(=O)c1[nH]c2ccc(Cl)cc2c1S(=O)(=O)c1cc(C)cc(C)c1. The number of halogens is 1. The molecule has 1 heterocycles. The van der Waals surface area contributed by atoms with Gasteiger partial charge in [0.15, 0.2) is 0 Å². The number of amides is 1. The summed E-state index contributed by atoms with van der Waals surface area (Å²) in [6.45, 7) is 4.90. The highest BCUT2D eigenvalue weighted by molar-refractivity contribution is 7.92. The molecule has 3 aromatic rings. The minimum Gasteiger partial charge on any atom is -0.349 e. The molecular formula is C19H19ClN2O5S2. The summed E-state index contributed by atoms with van der Waals surface area (Å²) in [5.74, 6) is -1.38. The minimum absolute atomic E-state index is 0.00303. The van der Waals surface area contributed by atoms with E-state index in [4.69, 9.17) is 11.6 Å². The number of carbonyl (C=O) groups excluding carboxylic acids is 1. The molecule has 1 amide bonds. The summed E-state index contributed by atoms with van der Waals surface area (Å²) in [5.41, 5.74) is 1.46. The van der Waals surface area contributed by atoms with Crippen LogP contribution in [-0.4, -0.2) is 33.5 Å². The Balaban J connectivity index is 2.32. The molecule has 2 aromatic carbocycles. The predicted molar refractivity (Wildman–Crippen MR) is 112 cm³/mol. The average molecular weight is 455 g/mol. The molecule has 0 fully saturated rings. The third-order valence-corrected chi connectivity index (χ3v) is 7.65. The van der Waals surface area contributed by atoms with Gasteiger partial charge in [-0.25, -0.2) is 21.6 Å². The largest absolute Gasteiger partial charge is 0.349 e. The highest BCUT2D eigenvalue weighted by Crippen LogP contribution is 2.34. The van der Waals surface area contributed by atoms with Crippen molar-refractivity contribution in [3.8, 4) is 0 Å². The number of hydrogen-bond donors (Lipinski definition) is 2. The molecule has 7 nitrogen and oxygen atoms in total. The van der Waals surface area contributed by atoms with Crippen LogP contribution >= 0.6 is 11.6 Å². The first kappa shape index (κ1) is 21.4. The van der Waals surface area contributed by atoms with Crippen molar-refractivity contribution in [2.24, 2.45) is 0 Å². The Morgan fingerprint density at radius 2 is 1.66 bits per heavy atom. The highest BCUT2D eigenvalue weighted by Gasteiger charge is 2.31. The fourth-order valence-electron chi connectivity index (χ4n) is 3.05. The number of hydrogen-bond acceptors (Lipinski definition) is 5. The zero-order chi connectivity index (χ0) is 21.6. The van der Waals surface area contributed by atoms with E-state index < -0.39 is 25.8 Å². The number of sulfonamides is 1. The quantitative estimate of drug-likeness (QED) is 0.613. The summed E-state index contributed by atoms with van der Waals surface area (Å²) in [6.07, 6.45) is 0. The molecule has 0 radical (unpaired) electrons. The number of fused-ring (bicyclic) bond motifs is 1. The van der Waals surface area contributed by atoms with Gasteiger partial charge in [0.2, 0.25) is 19.9 Å². The van der Waals surface area contributed by atoms with Crippen molar-refractivity contribution in [2.75, 3.05) is 5.75 Å². The summed E-state index contributed by atoms with van der Waals surface area (Å²) in [7, 11) is -8.06. The molecule has 0 saturated heterocycles. The molecule has 3 rings (SSSR count). The van der Waals surface area contributed by atoms with E-state index in [0.717, 1.165) is 11.1 Å². The van der Waals surface area contributed by atoms with Gasteiger partial charge >= 0.3 is 0 Å². The van der Waals surface area contributed by atoms with Crippen molar-refractivity contribution in [2.45, 2.75) is 30.6 Å². The summed E-state index contributed by atoms with van der Waals surface area (Å²) in [6, 6.07) is 9.31. The molecule has 154 valence electrons. The molecule has 1 aromatic heterocycles. The van der Waals surface area contributed by atoms with Gasteiger partial charge < -0.3 is 4.98 Å². The van der Waals surface area contributed by atoms with E-state index in [-0.39, 0.29) is 31.6 Å². The van der Waals surface area contributed by atoms with Gasteiger partial charge in [-0.05, 0) is 62.2 Å². The zero-order valence-corrected chi connectivity index (χ0v) is 18.3. The van der Waals surface area contributed by atoms with Gasteiger partial charge in [0.25, 0.3) is 5.91 Å². The van der Waals surface area contributed by atoms with Gasteiger partial charge in [0, 0.05) is 15.9 Å². The van der Waals surface area contributed by atoms with Gasteiger partial charge in [0.05, 0.1) is 10.6 Å². The van der Waals surface area contributed by atoms with Crippen molar-refractivity contribution in [1.82, 2.24) is 9.71 Å². The molecule has 29 heavy (non-hydrogen) atoms. The maximum Gasteiger partial charge on any atom is 0.282 e. The van der Waals surface area contributed by atoms with Crippen molar-refractivity contribution < 1.29 is 21.6 Å². The van der Waals surface area contributed by atoms with Gasteiger partial charge in [-0.1, -0.05) is 17.7 Å². The standard InChI is InChI=1S/C19H19ClN2O5S2/c1-4-28(24,25)22-19(23)17-18(15-10-13(20)5-6-16(15)21-17)29(26,27)14-8-11(2)7-12(3)9-14/h5-10,21H,4H2,1-3H3,(H,22,23). The lowest BCUT2D eigenvalue weighted by Gasteiger charge is -2.10. The first-order valence-electron chi connectivity index (χ1n) is 8.64. The molecule has 0 unspecified atom stereocenters. The van der Waals surface area contributed by atoms with Crippen molar-refractivity contribution in [3.63, 3.8) is 0 Å². The van der Waals surface area contributed by atoms with Crippen LogP contribution < -0.4 is 4.72 Å². The number of aryl methyl sites for hydroxylation is 2. The van der Waals surface area contributed by atoms with Gasteiger partial charge in [0.1, 0.15) is 10.6 Å². The van der Waals surface area contributed by atoms with Crippen LogP contribution in [0.15, 0.2) is 46.2 Å². The average Bonchev–Trinajstić information content (AvgIpc) is 3.00. The van der Waals surface area contributed by atoms with Crippen molar-refractivity contribution in [1.29, 1.82) is 0 Å². The molecule has 0 spiro atoms. The van der Waals surface area contributed by atoms with Crippen LogP contribution in [0.25, 0.3) is 10.9 Å². The Bertz CT molecular complexity index is 1320. The Hall–Kier alpha value is -2.36. The normalized spacial score (nSPS) is 12.3. The van der Waals surface area contributed by atoms with Gasteiger partial charge in [-0.15, -0.1) is 0 Å². The van der Waals surface area contributed by atoms with E-state index in [1.807, 2.05) is 10.8 Å². The third kappa shape index (κ3) is 4.17. The maximum atomic E-state index is 13.5. The maximum absolute atomic E-state index is 13.5. The van der Waals surface area contributed by atoms with Crippen molar-refractivity contribution >= 4 is 48.3 Å². The lowest BCUT2D eigenvalue weighted by atomic mass is 10.2. The first-order valence-corrected chi connectivity index (χ1v) is 12.2. The van der Waals surface area contributed by atoms with Crippen LogP contribution in [0.5, 0.6) is 0 Å². The first-order chi connectivity index (χ1) is 13.4. The second kappa shape index (κ2) is 7.47. The van der Waals surface area contributed by atoms with Crippen LogP contribution in [-0.2, 0) is 19.9 Å². The number of carbonyl (C=O) groups is 1. The summed E-state index contributed by atoms with van der Waals surface area (Å²) in [4.78, 5) is 15.1. The zero-order valence-electron chi connectivity index (χ0n) is 15.9. The lowest BCUT2D eigenvalue weighted by Crippen LogP contribution is -2.32. The second-order valence-electron chi connectivity index (χ2n) is 6.68. The lowest BCUT2D eigenvalue weighted by molar-refractivity contribution is 0.0974. The van der Waals surface area contributed by atoms with Crippen LogP contribution in [0, 0.1) is 13.8 Å². The van der Waals surface area contributed by atoms with E-state index in [0.29, 0.717) is 5.52 Å². The number of aromatic nitrogens is 1. The van der Waals surface area contributed by atoms with Gasteiger partial charge in [-0.2, -0.15) is 0 Å². The molecule has 0 aliphatic carbocycles. The Morgan fingerprint density at radius 1 is 1.03 bits per heavy atom. The molecule has 2 N–H and O–H groups in total. The van der Waals surface area contributed by atoms with E-state index in [2.05, 4.69) is 4.98 Å². The fraction of sp³-hybridized carbons (Fsp3) is 0.211. The van der Waals surface area contributed by atoms with E-state index >= 15 is 0 Å². The highest BCUT2D eigenvalue weighted by atomic mass is 35.5. The summed E-state index contributed by atoms with van der Waals surface area (Å²) >= 11 is 6.05. The smallest absolute Gasteiger partial charge is 0.282 e. The summed E-state index contributed by atoms with van der Waals surface area (Å²) < 4.78 is 52.6. The van der Waals surface area contributed by atoms with Crippen LogP contribution in [0.3, 0.4) is 0 Å². The van der Waals surface area contributed by atoms with Crippen LogP contribution in [0.4, 0.5) is 0 Å². The molecule has 0 aliphatic heterocycles. The Morgan fingerprint density at radius 3 is 2.24 bits per heavy atom. The Kier molecular flexibility index (Phi) is 5.50. The molecule has 10 heteroatoms. The summed E-state index contributed by atoms with van der Waals surface area (Å²) in [5, 5.41) is 0.484. The second-order valence-corrected chi connectivity index (χ2v) is 11.0. The topological polar surface area (TPSA) is 113 Å². The minimum atomic E-state index is -4.17. The van der Waals surface area contributed by atoms with Crippen LogP contribution in [0.2, 0.25) is 5.02 Å².